The number of benzene rings is 1. The Balaban J connectivity index is 1.80. The molecule has 1 aromatic rings. The summed E-state index contributed by atoms with van der Waals surface area (Å²) in [5.41, 5.74) is 8.71. The standard InChI is InChI=1S/C17H28N2O/c1-13(2)17-7-6-16(11-14(17)3)20-10-9-19-8-4-5-15(18)12-19/h6-7,11,13,15H,4-5,8-10,12,18H2,1-3H3. The Bertz CT molecular complexity index is 431. The van der Waals surface area contributed by atoms with E-state index >= 15 is 0 Å². The van der Waals surface area contributed by atoms with Gasteiger partial charge in [0.05, 0.1) is 0 Å². The van der Waals surface area contributed by atoms with Crippen LogP contribution in [0, 0.1) is 6.92 Å². The van der Waals surface area contributed by atoms with Crippen LogP contribution >= 0.6 is 0 Å². The number of aryl methyl sites for hydroxylation is 1. The second-order valence-corrected chi connectivity index (χ2v) is 6.22. The molecule has 0 amide bonds. The summed E-state index contributed by atoms with van der Waals surface area (Å²) in [6.07, 6.45) is 2.37. The Morgan fingerprint density at radius 1 is 1.40 bits per heavy atom. The quantitative estimate of drug-likeness (QED) is 0.898. The highest BCUT2D eigenvalue weighted by molar-refractivity contribution is 5.36. The van der Waals surface area contributed by atoms with E-state index in [1.807, 2.05) is 0 Å². The van der Waals surface area contributed by atoms with Crippen LogP contribution < -0.4 is 10.5 Å². The summed E-state index contributed by atoms with van der Waals surface area (Å²) in [6.45, 7) is 10.5. The lowest BCUT2D eigenvalue weighted by atomic mass is 9.98. The van der Waals surface area contributed by atoms with Gasteiger partial charge in [-0.1, -0.05) is 19.9 Å². The lowest BCUT2D eigenvalue weighted by Crippen LogP contribution is -2.44. The van der Waals surface area contributed by atoms with Crippen molar-refractivity contribution in [3.05, 3.63) is 29.3 Å². The van der Waals surface area contributed by atoms with Gasteiger partial charge in [0.15, 0.2) is 0 Å². The molecule has 0 aromatic heterocycles. The topological polar surface area (TPSA) is 38.5 Å². The maximum atomic E-state index is 5.99. The number of hydrogen-bond donors (Lipinski definition) is 1. The first-order chi connectivity index (χ1) is 9.56. The van der Waals surface area contributed by atoms with Gasteiger partial charge in [0.2, 0.25) is 0 Å². The fourth-order valence-electron chi connectivity index (χ4n) is 2.97. The van der Waals surface area contributed by atoms with E-state index in [0.717, 1.165) is 38.4 Å². The Labute approximate surface area is 123 Å². The minimum Gasteiger partial charge on any atom is -0.492 e. The molecule has 112 valence electrons. The molecule has 0 saturated carbocycles. The first-order valence-corrected chi connectivity index (χ1v) is 7.77. The molecule has 1 fully saturated rings. The first kappa shape index (κ1) is 15.3. The van der Waals surface area contributed by atoms with Crippen LogP contribution in [0.15, 0.2) is 18.2 Å². The number of hydrogen-bond acceptors (Lipinski definition) is 3. The Morgan fingerprint density at radius 2 is 2.20 bits per heavy atom. The van der Waals surface area contributed by atoms with Crippen molar-refractivity contribution in [1.29, 1.82) is 0 Å². The van der Waals surface area contributed by atoms with Crippen LogP contribution in [0.25, 0.3) is 0 Å². The smallest absolute Gasteiger partial charge is 0.119 e. The molecule has 1 aliphatic heterocycles. The van der Waals surface area contributed by atoms with E-state index in [9.17, 15) is 0 Å². The third kappa shape index (κ3) is 4.22. The zero-order valence-corrected chi connectivity index (χ0v) is 13.1. The van der Waals surface area contributed by atoms with Crippen LogP contribution in [-0.4, -0.2) is 37.2 Å². The second kappa shape index (κ2) is 7.09. The lowest BCUT2D eigenvalue weighted by Gasteiger charge is -2.30. The zero-order chi connectivity index (χ0) is 14.5. The third-order valence-electron chi connectivity index (χ3n) is 4.08. The van der Waals surface area contributed by atoms with E-state index in [4.69, 9.17) is 10.5 Å². The lowest BCUT2D eigenvalue weighted by molar-refractivity contribution is 0.171. The van der Waals surface area contributed by atoms with Crippen LogP contribution in [0.1, 0.15) is 43.7 Å². The van der Waals surface area contributed by atoms with Gasteiger partial charge < -0.3 is 10.5 Å². The molecule has 1 unspecified atom stereocenters. The number of ether oxygens (including phenoxy) is 1. The van der Waals surface area contributed by atoms with Crippen LogP contribution in [0.3, 0.4) is 0 Å². The van der Waals surface area contributed by atoms with Crippen molar-refractivity contribution in [3.8, 4) is 5.75 Å². The minimum absolute atomic E-state index is 0.344. The van der Waals surface area contributed by atoms with Gasteiger partial charge in [-0.3, -0.25) is 4.90 Å². The minimum atomic E-state index is 0.344. The van der Waals surface area contributed by atoms with Gasteiger partial charge in [-0.2, -0.15) is 0 Å². The fraction of sp³-hybridized carbons (Fsp3) is 0.647. The highest BCUT2D eigenvalue weighted by Gasteiger charge is 2.16. The van der Waals surface area contributed by atoms with E-state index in [-0.39, 0.29) is 0 Å². The summed E-state index contributed by atoms with van der Waals surface area (Å²) in [6, 6.07) is 6.77. The molecule has 1 heterocycles. The Kier molecular flexibility index (Phi) is 5.44. The van der Waals surface area contributed by atoms with Crippen LogP contribution in [0.2, 0.25) is 0 Å². The highest BCUT2D eigenvalue weighted by atomic mass is 16.5. The molecule has 2 N–H and O–H groups in total. The van der Waals surface area contributed by atoms with Gasteiger partial charge in [0.1, 0.15) is 12.4 Å². The van der Waals surface area contributed by atoms with Crippen LogP contribution in [0.5, 0.6) is 5.75 Å². The Morgan fingerprint density at radius 3 is 2.85 bits per heavy atom. The molecule has 0 radical (unpaired) electrons. The monoisotopic (exact) mass is 276 g/mol. The molecule has 3 heteroatoms. The Hall–Kier alpha value is -1.06. The molecule has 20 heavy (non-hydrogen) atoms. The van der Waals surface area contributed by atoms with Crippen molar-refractivity contribution in [3.63, 3.8) is 0 Å². The molecule has 1 aromatic carbocycles. The van der Waals surface area contributed by atoms with Gasteiger partial charge >= 0.3 is 0 Å². The summed E-state index contributed by atoms with van der Waals surface area (Å²) >= 11 is 0. The van der Waals surface area contributed by atoms with Gasteiger partial charge in [-0.25, -0.2) is 0 Å². The van der Waals surface area contributed by atoms with Crippen molar-refractivity contribution >= 4 is 0 Å². The molecule has 0 aliphatic carbocycles. The average molecular weight is 276 g/mol. The summed E-state index contributed by atoms with van der Waals surface area (Å²) in [5.74, 6) is 1.55. The van der Waals surface area contributed by atoms with Crippen molar-refractivity contribution in [2.24, 2.45) is 5.73 Å². The average Bonchev–Trinajstić information content (AvgIpc) is 2.38. The second-order valence-electron chi connectivity index (χ2n) is 6.22. The number of likely N-dealkylation sites (tertiary alicyclic amines) is 1. The summed E-state index contributed by atoms with van der Waals surface area (Å²) in [7, 11) is 0. The van der Waals surface area contributed by atoms with Crippen molar-refractivity contribution < 1.29 is 4.74 Å². The highest BCUT2D eigenvalue weighted by Crippen LogP contribution is 2.23. The summed E-state index contributed by atoms with van der Waals surface area (Å²) in [4.78, 5) is 2.41. The number of rotatable bonds is 5. The van der Waals surface area contributed by atoms with E-state index in [2.05, 4.69) is 43.9 Å². The molecule has 1 aliphatic rings. The molecular weight excluding hydrogens is 248 g/mol. The normalized spacial score (nSPS) is 20.4. The molecule has 1 atom stereocenters. The van der Waals surface area contributed by atoms with Crippen molar-refractivity contribution in [2.45, 2.75) is 45.6 Å². The number of nitrogens with zero attached hydrogens (tertiary/aromatic N) is 1. The zero-order valence-electron chi connectivity index (χ0n) is 13.1. The van der Waals surface area contributed by atoms with Crippen LogP contribution in [0.4, 0.5) is 0 Å². The molecular formula is C17H28N2O. The van der Waals surface area contributed by atoms with E-state index < -0.39 is 0 Å². The van der Waals surface area contributed by atoms with Crippen LogP contribution in [-0.2, 0) is 0 Å². The maximum absolute atomic E-state index is 5.99. The van der Waals surface area contributed by atoms with Crippen molar-refractivity contribution in [1.82, 2.24) is 4.90 Å². The molecule has 2 rings (SSSR count). The molecule has 0 spiro atoms. The van der Waals surface area contributed by atoms with Crippen molar-refractivity contribution in [2.75, 3.05) is 26.2 Å². The molecule has 3 nitrogen and oxygen atoms in total. The third-order valence-corrected chi connectivity index (χ3v) is 4.08. The summed E-state index contributed by atoms with van der Waals surface area (Å²) in [5, 5.41) is 0. The van der Waals surface area contributed by atoms with E-state index in [0.29, 0.717) is 12.0 Å². The summed E-state index contributed by atoms with van der Waals surface area (Å²) < 4.78 is 5.88. The molecule has 1 saturated heterocycles. The van der Waals surface area contributed by atoms with E-state index in [1.54, 1.807) is 0 Å². The van der Waals surface area contributed by atoms with Gasteiger partial charge in [-0.05, 0) is 55.5 Å². The predicted molar refractivity (Wildman–Crippen MR) is 84.4 cm³/mol. The number of piperidine rings is 1. The number of nitrogens with two attached hydrogens (primary N) is 1. The fourth-order valence-corrected chi connectivity index (χ4v) is 2.97. The van der Waals surface area contributed by atoms with E-state index in [1.165, 1.54) is 17.5 Å². The molecule has 0 bridgehead atoms. The predicted octanol–water partition coefficient (Wildman–Crippen LogP) is 2.92. The van der Waals surface area contributed by atoms with Gasteiger partial charge in [0.25, 0.3) is 0 Å². The van der Waals surface area contributed by atoms with Gasteiger partial charge in [-0.15, -0.1) is 0 Å². The first-order valence-electron chi connectivity index (χ1n) is 7.77. The maximum Gasteiger partial charge on any atom is 0.119 e. The SMILES string of the molecule is Cc1cc(OCCN2CCCC(N)C2)ccc1C(C)C. The largest absolute Gasteiger partial charge is 0.492 e. The van der Waals surface area contributed by atoms with Gasteiger partial charge in [0, 0.05) is 19.1 Å².